The first-order chi connectivity index (χ1) is 26.2. The molecule has 0 saturated heterocycles. The Hall–Kier alpha value is -3.14. The fourth-order valence-electron chi connectivity index (χ4n) is 4.78. The summed E-state index contributed by atoms with van der Waals surface area (Å²) in [5, 5.41) is 0. The minimum absolute atomic E-state index is 0.0137. The molecule has 10 nitrogen and oxygen atoms in total. The number of hydrogen-bond acceptors (Lipinski definition) is 9. The molecule has 0 aliphatic carbocycles. The van der Waals surface area contributed by atoms with Crippen molar-refractivity contribution >= 4 is 25.5 Å². The molecule has 0 aliphatic heterocycles. The van der Waals surface area contributed by atoms with Crippen LogP contribution in [0.15, 0.2) is 85.1 Å². The van der Waals surface area contributed by atoms with Crippen molar-refractivity contribution in [2.75, 3.05) is 26.4 Å². The van der Waals surface area contributed by atoms with Crippen LogP contribution in [-0.2, 0) is 37.5 Å². The van der Waals surface area contributed by atoms with Crippen molar-refractivity contribution in [2.45, 2.75) is 142 Å². The molecule has 0 saturated carbocycles. The first kappa shape index (κ1) is 50.9. The molecule has 1 unspecified atom stereocenters. The van der Waals surface area contributed by atoms with Gasteiger partial charge in [-0.25, -0.2) is 4.57 Å². The Labute approximate surface area is 326 Å². The molecule has 306 valence electrons. The minimum atomic E-state index is -4.44. The zero-order chi connectivity index (χ0) is 39.8. The van der Waals surface area contributed by atoms with Gasteiger partial charge in [0, 0.05) is 25.8 Å². The van der Waals surface area contributed by atoms with Gasteiger partial charge in [-0.05, 0) is 76.7 Å². The van der Waals surface area contributed by atoms with Gasteiger partial charge in [0.1, 0.15) is 6.61 Å². The van der Waals surface area contributed by atoms with Gasteiger partial charge in [0.15, 0.2) is 11.9 Å². The number of phosphoric ester groups is 1. The molecule has 0 fully saturated rings. The highest BCUT2D eigenvalue weighted by Gasteiger charge is 2.26. The zero-order valence-electron chi connectivity index (χ0n) is 33.2. The van der Waals surface area contributed by atoms with E-state index in [2.05, 4.69) is 74.6 Å². The smallest absolute Gasteiger partial charge is 0.462 e. The Morgan fingerprint density at radius 1 is 0.630 bits per heavy atom. The standard InChI is InChI=1S/C43H70NO9P/c1-3-5-7-9-11-13-15-17-18-20-22-24-26-28-30-34-43(47)53-41(39-52-54(48,49)51-37-36-44)38-50-42(46)35-31-33-40(45)32-29-27-25-23-21-19-16-14-12-10-8-6-4-2/h5,7,11-14,17-19,21,25,27,29,32,41H,3-4,6,8-10,15-16,20,22-24,26,28,30-31,33-39,44H2,1-2H3,(H,48,49)/b7-5-,13-11-,14-12-,18-17-,21-19-,27-25-,32-29+/t41-/m1/s1. The SMILES string of the molecule is CC/C=C\C/C=C\C/C=C\CCCCCCCC(=O)O[C@H](COC(=O)CCCC(=O)/C=C/C=C\C/C=C\C/C=C\CCCCC)COP(=O)(O)OCCN. The minimum Gasteiger partial charge on any atom is -0.462 e. The molecule has 0 heterocycles. The lowest BCUT2D eigenvalue weighted by Crippen LogP contribution is -2.29. The van der Waals surface area contributed by atoms with Gasteiger partial charge >= 0.3 is 19.8 Å². The third-order valence-corrected chi connectivity index (χ3v) is 8.73. The maximum absolute atomic E-state index is 12.5. The summed E-state index contributed by atoms with van der Waals surface area (Å²) in [6, 6.07) is 0. The van der Waals surface area contributed by atoms with Gasteiger partial charge in [-0.15, -0.1) is 0 Å². The number of ketones is 1. The lowest BCUT2D eigenvalue weighted by Gasteiger charge is -2.19. The summed E-state index contributed by atoms with van der Waals surface area (Å²) < 4.78 is 32.5. The van der Waals surface area contributed by atoms with Crippen molar-refractivity contribution < 1.29 is 42.4 Å². The molecule has 54 heavy (non-hydrogen) atoms. The molecular formula is C43H70NO9P. The largest absolute Gasteiger partial charge is 0.472 e. The topological polar surface area (TPSA) is 151 Å². The first-order valence-electron chi connectivity index (χ1n) is 20.0. The zero-order valence-corrected chi connectivity index (χ0v) is 34.1. The summed E-state index contributed by atoms with van der Waals surface area (Å²) >= 11 is 0. The number of carbonyl (C=O) groups is 3. The van der Waals surface area contributed by atoms with Crippen molar-refractivity contribution in [3.8, 4) is 0 Å². The molecule has 0 amide bonds. The molecule has 3 N–H and O–H groups in total. The van der Waals surface area contributed by atoms with Crippen LogP contribution >= 0.6 is 7.82 Å². The van der Waals surface area contributed by atoms with E-state index >= 15 is 0 Å². The van der Waals surface area contributed by atoms with Gasteiger partial charge in [-0.3, -0.25) is 23.4 Å². The summed E-state index contributed by atoms with van der Waals surface area (Å²) in [6.07, 6.45) is 43.3. The fraction of sp³-hybridized carbons (Fsp3) is 0.605. The van der Waals surface area contributed by atoms with Gasteiger partial charge in [-0.2, -0.15) is 0 Å². The van der Waals surface area contributed by atoms with Crippen molar-refractivity contribution in [1.29, 1.82) is 0 Å². The average molecular weight is 776 g/mol. The monoisotopic (exact) mass is 775 g/mol. The molecule has 0 spiro atoms. The van der Waals surface area contributed by atoms with Crippen LogP contribution in [0.3, 0.4) is 0 Å². The number of rotatable bonds is 36. The van der Waals surface area contributed by atoms with E-state index in [1.807, 2.05) is 12.2 Å². The highest BCUT2D eigenvalue weighted by molar-refractivity contribution is 7.47. The summed E-state index contributed by atoms with van der Waals surface area (Å²) in [5.74, 6) is -1.23. The molecule has 11 heteroatoms. The molecule has 0 rings (SSSR count). The number of hydrogen-bond donors (Lipinski definition) is 2. The average Bonchev–Trinajstić information content (AvgIpc) is 3.15. The van der Waals surface area contributed by atoms with Crippen LogP contribution in [0.1, 0.15) is 136 Å². The van der Waals surface area contributed by atoms with Gasteiger partial charge in [0.25, 0.3) is 0 Å². The predicted octanol–water partition coefficient (Wildman–Crippen LogP) is 10.4. The van der Waals surface area contributed by atoms with Crippen LogP contribution in [0.25, 0.3) is 0 Å². The van der Waals surface area contributed by atoms with E-state index < -0.39 is 32.5 Å². The normalized spacial score (nSPS) is 14.1. The third kappa shape index (κ3) is 37.2. The van der Waals surface area contributed by atoms with Gasteiger partial charge in [0.2, 0.25) is 0 Å². The van der Waals surface area contributed by atoms with E-state index in [1.165, 1.54) is 25.3 Å². The highest BCUT2D eigenvalue weighted by atomic mass is 31.2. The summed E-state index contributed by atoms with van der Waals surface area (Å²) in [6.45, 7) is 3.26. The van der Waals surface area contributed by atoms with Gasteiger partial charge in [0.05, 0.1) is 13.2 Å². The second-order valence-electron chi connectivity index (χ2n) is 12.8. The van der Waals surface area contributed by atoms with Crippen LogP contribution in [0.5, 0.6) is 0 Å². The van der Waals surface area contributed by atoms with E-state index in [0.717, 1.165) is 70.6 Å². The molecule has 0 bridgehead atoms. The van der Waals surface area contributed by atoms with Crippen LogP contribution in [-0.4, -0.2) is 55.1 Å². The number of allylic oxidation sites excluding steroid dienone is 14. The fourth-order valence-corrected chi connectivity index (χ4v) is 5.54. The van der Waals surface area contributed by atoms with Crippen molar-refractivity contribution in [1.82, 2.24) is 0 Å². The molecule has 0 aromatic carbocycles. The Kier molecular flexibility index (Phi) is 35.9. The van der Waals surface area contributed by atoms with Crippen LogP contribution < -0.4 is 5.73 Å². The molecule has 0 aliphatic rings. The Morgan fingerprint density at radius 3 is 1.85 bits per heavy atom. The second-order valence-corrected chi connectivity index (χ2v) is 14.3. The summed E-state index contributed by atoms with van der Waals surface area (Å²) in [4.78, 5) is 46.9. The predicted molar refractivity (Wildman–Crippen MR) is 220 cm³/mol. The highest BCUT2D eigenvalue weighted by Crippen LogP contribution is 2.43. The summed E-state index contributed by atoms with van der Waals surface area (Å²) in [7, 11) is -4.44. The number of carbonyl (C=O) groups excluding carboxylic acids is 3. The van der Waals surface area contributed by atoms with E-state index in [9.17, 15) is 23.8 Å². The van der Waals surface area contributed by atoms with Crippen LogP contribution in [0, 0.1) is 0 Å². The number of esters is 2. The number of phosphoric acid groups is 1. The maximum atomic E-state index is 12.5. The van der Waals surface area contributed by atoms with Crippen LogP contribution in [0.4, 0.5) is 0 Å². The van der Waals surface area contributed by atoms with E-state index in [0.29, 0.717) is 6.42 Å². The Morgan fingerprint density at radius 2 is 1.20 bits per heavy atom. The van der Waals surface area contributed by atoms with Gasteiger partial charge in [-0.1, -0.05) is 125 Å². The van der Waals surface area contributed by atoms with E-state index in [4.69, 9.17) is 24.3 Å². The quantitative estimate of drug-likeness (QED) is 0.0157. The molecule has 2 atom stereocenters. The van der Waals surface area contributed by atoms with E-state index in [-0.39, 0.29) is 51.2 Å². The number of unbranched alkanes of at least 4 members (excludes halogenated alkanes) is 8. The van der Waals surface area contributed by atoms with Crippen molar-refractivity contribution in [3.63, 3.8) is 0 Å². The maximum Gasteiger partial charge on any atom is 0.472 e. The number of nitrogens with two attached hydrogens (primary N) is 1. The Balaban J connectivity index is 4.45. The van der Waals surface area contributed by atoms with Crippen molar-refractivity contribution in [3.05, 3.63) is 85.1 Å². The lowest BCUT2D eigenvalue weighted by atomic mass is 10.1. The Bertz CT molecular complexity index is 1220. The molecule has 0 aromatic heterocycles. The van der Waals surface area contributed by atoms with E-state index in [1.54, 1.807) is 6.08 Å². The summed E-state index contributed by atoms with van der Waals surface area (Å²) in [5.41, 5.74) is 5.32. The number of ether oxygens (including phenoxy) is 2. The third-order valence-electron chi connectivity index (χ3n) is 7.74. The molecule has 0 aromatic rings. The van der Waals surface area contributed by atoms with Crippen molar-refractivity contribution in [2.24, 2.45) is 5.73 Å². The first-order valence-corrected chi connectivity index (χ1v) is 21.5. The molecule has 0 radical (unpaired) electrons. The molecular weight excluding hydrogens is 705 g/mol. The van der Waals surface area contributed by atoms with Gasteiger partial charge < -0.3 is 20.1 Å². The lowest BCUT2D eigenvalue weighted by molar-refractivity contribution is -0.161. The second kappa shape index (κ2) is 38.1. The van der Waals surface area contributed by atoms with Crippen LogP contribution in [0.2, 0.25) is 0 Å².